The van der Waals surface area contributed by atoms with Crippen LogP contribution in [0.3, 0.4) is 0 Å². The molecule has 0 spiro atoms. The maximum absolute atomic E-state index is 10.8. The summed E-state index contributed by atoms with van der Waals surface area (Å²) >= 11 is 14.7. The molecule has 1 N–H and O–H groups in total. The summed E-state index contributed by atoms with van der Waals surface area (Å²) < 4.78 is 12.7. The van der Waals surface area contributed by atoms with E-state index in [2.05, 4.69) is 27.5 Å². The number of aliphatic carboxylic acids is 1. The Bertz CT molecular complexity index is 808. The monoisotopic (exact) mass is 535 g/mol. The lowest BCUT2D eigenvalue weighted by Crippen LogP contribution is -2.39. The minimum Gasteiger partial charge on any atom is -0.489 e. The smallest absolute Gasteiger partial charge is 0.304 e. The summed E-state index contributed by atoms with van der Waals surface area (Å²) in [4.78, 5) is 12.9. The van der Waals surface area contributed by atoms with Gasteiger partial charge >= 0.3 is 5.97 Å². The number of benzene rings is 2. The zero-order valence-corrected chi connectivity index (χ0v) is 18.7. The number of carbonyl (C=O) groups is 1. The van der Waals surface area contributed by atoms with Crippen LogP contribution in [0.1, 0.15) is 23.7 Å². The third kappa shape index (κ3) is 5.97. The van der Waals surface area contributed by atoms with Crippen molar-refractivity contribution in [2.24, 2.45) is 0 Å². The summed E-state index contributed by atoms with van der Waals surface area (Å²) in [6.07, 6.45) is 0.0695. The Morgan fingerprint density at radius 2 is 1.93 bits per heavy atom. The first-order valence-electron chi connectivity index (χ1n) is 8.84. The highest BCUT2D eigenvalue weighted by atomic mass is 127. The van der Waals surface area contributed by atoms with Gasteiger partial charge in [0.15, 0.2) is 0 Å². The van der Waals surface area contributed by atoms with Gasteiger partial charge in [0.05, 0.1) is 19.1 Å². The predicted octanol–water partition coefficient (Wildman–Crippen LogP) is 5.03. The summed E-state index contributed by atoms with van der Waals surface area (Å²) in [6.45, 7) is 2.85. The molecule has 0 amide bonds. The second kappa shape index (κ2) is 10.1. The lowest BCUT2D eigenvalue weighted by atomic mass is 10.1. The molecule has 1 unspecified atom stereocenters. The lowest BCUT2D eigenvalue weighted by molar-refractivity contribution is -0.137. The van der Waals surface area contributed by atoms with Gasteiger partial charge in [-0.15, -0.1) is 0 Å². The molecule has 0 saturated carbocycles. The fraction of sp³-hybridized carbons (Fsp3) is 0.350. The highest BCUT2D eigenvalue weighted by Gasteiger charge is 2.22. The van der Waals surface area contributed by atoms with Crippen LogP contribution in [0.2, 0.25) is 10.0 Å². The van der Waals surface area contributed by atoms with Crippen LogP contribution >= 0.6 is 45.8 Å². The Balaban J connectivity index is 1.58. The van der Waals surface area contributed by atoms with Gasteiger partial charge in [0.1, 0.15) is 12.4 Å². The number of carboxylic acids is 1. The van der Waals surface area contributed by atoms with Crippen LogP contribution in [-0.2, 0) is 16.1 Å². The number of morpholine rings is 1. The molecule has 1 aliphatic heterocycles. The van der Waals surface area contributed by atoms with Gasteiger partial charge < -0.3 is 14.6 Å². The van der Waals surface area contributed by atoms with Gasteiger partial charge in [0.2, 0.25) is 0 Å². The largest absolute Gasteiger partial charge is 0.489 e. The highest BCUT2D eigenvalue weighted by Crippen LogP contribution is 2.29. The predicted molar refractivity (Wildman–Crippen MR) is 117 cm³/mol. The molecule has 1 fully saturated rings. The maximum atomic E-state index is 10.8. The molecule has 3 rings (SSSR count). The normalized spacial score (nSPS) is 17.5. The van der Waals surface area contributed by atoms with E-state index in [1.165, 1.54) is 0 Å². The maximum Gasteiger partial charge on any atom is 0.304 e. The van der Waals surface area contributed by atoms with Crippen LogP contribution in [0, 0.1) is 3.57 Å². The van der Waals surface area contributed by atoms with Crippen LogP contribution in [-0.4, -0.2) is 42.2 Å². The van der Waals surface area contributed by atoms with Crippen molar-refractivity contribution in [2.45, 2.75) is 19.1 Å². The van der Waals surface area contributed by atoms with E-state index >= 15 is 0 Å². The molecule has 5 nitrogen and oxygen atoms in total. The Hall–Kier alpha value is -1.06. The summed E-state index contributed by atoms with van der Waals surface area (Å²) in [5.74, 6) is -0.0640. The minimum atomic E-state index is -0.780. The fourth-order valence-corrected chi connectivity index (χ4v) is 4.59. The molecule has 8 heteroatoms. The van der Waals surface area contributed by atoms with Gasteiger partial charge in [0.25, 0.3) is 0 Å². The van der Waals surface area contributed by atoms with E-state index in [9.17, 15) is 4.79 Å². The van der Waals surface area contributed by atoms with Crippen molar-refractivity contribution in [1.82, 2.24) is 4.90 Å². The molecular formula is C20H20Cl2INO4. The van der Waals surface area contributed by atoms with Crippen molar-refractivity contribution in [1.29, 1.82) is 0 Å². The van der Waals surface area contributed by atoms with Crippen LogP contribution < -0.4 is 4.74 Å². The number of hydrogen-bond donors (Lipinski definition) is 1. The third-order valence-corrected chi connectivity index (χ3v) is 5.83. The number of nitrogens with zero attached hydrogens (tertiary/aromatic N) is 1. The molecule has 28 heavy (non-hydrogen) atoms. The van der Waals surface area contributed by atoms with Crippen LogP contribution in [0.25, 0.3) is 0 Å². The van der Waals surface area contributed by atoms with Crippen LogP contribution in [0.5, 0.6) is 5.75 Å². The molecule has 1 heterocycles. The van der Waals surface area contributed by atoms with Crippen molar-refractivity contribution < 1.29 is 19.4 Å². The van der Waals surface area contributed by atoms with Gasteiger partial charge in [-0.1, -0.05) is 35.3 Å². The van der Waals surface area contributed by atoms with Crippen molar-refractivity contribution in [3.05, 3.63) is 61.1 Å². The Labute approximate surface area is 187 Å². The topological polar surface area (TPSA) is 59.0 Å². The van der Waals surface area contributed by atoms with Crippen molar-refractivity contribution in [3.8, 4) is 5.75 Å². The van der Waals surface area contributed by atoms with Gasteiger partial charge in [-0.25, -0.2) is 0 Å². The van der Waals surface area contributed by atoms with Crippen molar-refractivity contribution >= 4 is 51.8 Å². The first kappa shape index (κ1) is 21.6. The van der Waals surface area contributed by atoms with E-state index in [4.69, 9.17) is 37.8 Å². The summed E-state index contributed by atoms with van der Waals surface area (Å²) in [7, 11) is 0. The van der Waals surface area contributed by atoms with Crippen LogP contribution in [0.15, 0.2) is 36.4 Å². The molecule has 150 valence electrons. The molecule has 0 aliphatic carbocycles. The van der Waals surface area contributed by atoms with Crippen molar-refractivity contribution in [3.63, 3.8) is 0 Å². The average molecular weight is 536 g/mol. The van der Waals surface area contributed by atoms with Crippen molar-refractivity contribution in [2.75, 3.05) is 26.2 Å². The van der Waals surface area contributed by atoms with Gasteiger partial charge in [0, 0.05) is 38.8 Å². The average Bonchev–Trinajstić information content (AvgIpc) is 2.66. The number of halogens is 3. The van der Waals surface area contributed by atoms with E-state index < -0.39 is 5.97 Å². The minimum absolute atomic E-state index is 0.0725. The molecule has 0 bridgehead atoms. The second-order valence-corrected chi connectivity index (χ2v) is 8.57. The highest BCUT2D eigenvalue weighted by molar-refractivity contribution is 14.1. The number of ether oxygens (including phenoxy) is 2. The van der Waals surface area contributed by atoms with E-state index in [-0.39, 0.29) is 19.1 Å². The Morgan fingerprint density at radius 3 is 2.57 bits per heavy atom. The zero-order valence-electron chi connectivity index (χ0n) is 15.0. The number of carboxylic acid groups (broad SMARTS) is 1. The number of rotatable bonds is 7. The first-order valence-corrected chi connectivity index (χ1v) is 10.7. The Morgan fingerprint density at radius 1 is 1.25 bits per heavy atom. The molecule has 2 aromatic carbocycles. The van der Waals surface area contributed by atoms with Crippen LogP contribution in [0.4, 0.5) is 0 Å². The molecule has 0 radical (unpaired) electrons. The lowest BCUT2D eigenvalue weighted by Gasteiger charge is -2.32. The van der Waals surface area contributed by atoms with Gasteiger partial charge in [-0.05, 0) is 52.4 Å². The van der Waals surface area contributed by atoms with Gasteiger partial charge in [-0.3, -0.25) is 9.69 Å². The van der Waals surface area contributed by atoms with E-state index in [1.54, 1.807) is 0 Å². The van der Waals surface area contributed by atoms with E-state index in [0.717, 1.165) is 21.2 Å². The van der Waals surface area contributed by atoms with E-state index in [0.29, 0.717) is 35.5 Å². The second-order valence-electron chi connectivity index (χ2n) is 6.51. The first-order chi connectivity index (χ1) is 13.4. The standard InChI is InChI=1S/C20H20Cl2INO4/c21-17-9-14(23)10-18(22)16(17)12-28-15-3-1-13(2-4-15)19-11-24(7-8-27-19)6-5-20(25)26/h1-4,9-10,19H,5-8,11-12H2,(H,25,26). The zero-order chi connectivity index (χ0) is 20.1. The molecule has 2 aromatic rings. The third-order valence-electron chi connectivity index (χ3n) is 4.53. The molecular weight excluding hydrogens is 516 g/mol. The van der Waals surface area contributed by atoms with E-state index in [1.807, 2.05) is 36.4 Å². The molecule has 0 aromatic heterocycles. The Kier molecular flexibility index (Phi) is 7.82. The fourth-order valence-electron chi connectivity index (χ4n) is 3.01. The SMILES string of the molecule is O=C(O)CCN1CCOC(c2ccc(OCc3c(Cl)cc(I)cc3Cl)cc2)C1. The quantitative estimate of drug-likeness (QED) is 0.504. The van der Waals surface area contributed by atoms with Gasteiger partial charge in [-0.2, -0.15) is 0 Å². The molecule has 1 aliphatic rings. The summed E-state index contributed by atoms with van der Waals surface area (Å²) in [5.41, 5.74) is 1.80. The number of hydrogen-bond acceptors (Lipinski definition) is 4. The molecule has 1 saturated heterocycles. The summed E-state index contributed by atoms with van der Waals surface area (Å²) in [5, 5.41) is 10.0. The summed E-state index contributed by atoms with van der Waals surface area (Å²) in [6, 6.07) is 11.4. The molecule has 1 atom stereocenters.